The second kappa shape index (κ2) is 4.59. The Bertz CT molecular complexity index is 325. The monoisotopic (exact) mass is 209 g/mol. The number of nitrogens with two attached hydrogens (primary N) is 1. The van der Waals surface area contributed by atoms with Crippen molar-refractivity contribution in [1.29, 1.82) is 0 Å². The topological polar surface area (TPSA) is 60.2 Å². The van der Waals surface area contributed by atoms with Gasteiger partial charge in [-0.15, -0.1) is 0 Å². The summed E-state index contributed by atoms with van der Waals surface area (Å²) in [5.41, 5.74) is 6.48. The molecule has 1 unspecified atom stereocenters. The van der Waals surface area contributed by atoms with Crippen LogP contribution < -0.4 is 11.1 Å². The smallest absolute Gasteiger partial charge is 0.128 e. The van der Waals surface area contributed by atoms with Gasteiger partial charge in [-0.25, -0.2) is 4.98 Å². The van der Waals surface area contributed by atoms with Crippen molar-refractivity contribution in [2.75, 3.05) is 19.9 Å². The molecule has 1 aromatic rings. The van der Waals surface area contributed by atoms with Gasteiger partial charge in [-0.2, -0.15) is 0 Å². The number of ether oxygens (including phenoxy) is 1. The largest absolute Gasteiger partial charge is 0.383 e. The molecule has 84 valence electrons. The van der Waals surface area contributed by atoms with Crippen molar-refractivity contribution in [3.63, 3.8) is 0 Å². The first-order chi connectivity index (χ1) is 7.03. The molecule has 1 heterocycles. The number of anilines is 1. The van der Waals surface area contributed by atoms with Crippen molar-refractivity contribution in [2.24, 2.45) is 0 Å². The molecule has 3 N–H and O–H groups in total. The Kier molecular flexibility index (Phi) is 3.66. The normalized spacial score (nSPS) is 13.9. The van der Waals surface area contributed by atoms with E-state index in [9.17, 15) is 0 Å². The van der Waals surface area contributed by atoms with E-state index in [-0.39, 0.29) is 11.6 Å². The van der Waals surface area contributed by atoms with Crippen LogP contribution in [0.1, 0.15) is 25.5 Å². The molecule has 15 heavy (non-hydrogen) atoms. The van der Waals surface area contributed by atoms with Crippen molar-refractivity contribution >= 4 is 5.82 Å². The lowest BCUT2D eigenvalue weighted by Gasteiger charge is -2.33. The number of nitrogen functional groups attached to an aromatic ring is 1. The molecule has 0 aliphatic rings. The zero-order valence-corrected chi connectivity index (χ0v) is 9.74. The molecule has 1 rings (SSSR count). The molecule has 4 nitrogen and oxygen atoms in total. The van der Waals surface area contributed by atoms with Gasteiger partial charge in [0.15, 0.2) is 0 Å². The maximum absolute atomic E-state index is 5.84. The highest BCUT2D eigenvalue weighted by Crippen LogP contribution is 2.30. The third kappa shape index (κ3) is 2.46. The van der Waals surface area contributed by atoms with E-state index in [1.807, 2.05) is 33.0 Å². The molecule has 1 atom stereocenters. The van der Waals surface area contributed by atoms with Crippen LogP contribution in [0.3, 0.4) is 0 Å². The predicted molar refractivity (Wildman–Crippen MR) is 61.5 cm³/mol. The molecule has 0 aromatic carbocycles. The zero-order chi connectivity index (χ0) is 11.5. The van der Waals surface area contributed by atoms with Gasteiger partial charge in [0.2, 0.25) is 0 Å². The fourth-order valence-electron chi connectivity index (χ4n) is 1.67. The van der Waals surface area contributed by atoms with Crippen LogP contribution in [-0.4, -0.2) is 24.7 Å². The summed E-state index contributed by atoms with van der Waals surface area (Å²) in [5, 5.41) is 3.21. The number of likely N-dealkylation sites (N-methyl/N-ethyl adjacent to an activating group) is 1. The van der Waals surface area contributed by atoms with Gasteiger partial charge in [0.05, 0.1) is 11.6 Å². The fraction of sp³-hybridized carbons (Fsp3) is 0.545. The number of methoxy groups -OCH3 is 1. The first-order valence-corrected chi connectivity index (χ1v) is 4.95. The Morgan fingerprint density at radius 3 is 2.67 bits per heavy atom. The highest BCUT2D eigenvalue weighted by atomic mass is 16.5. The minimum atomic E-state index is -0.327. The lowest BCUT2D eigenvalue weighted by molar-refractivity contribution is -0.00886. The van der Waals surface area contributed by atoms with E-state index in [0.29, 0.717) is 5.82 Å². The van der Waals surface area contributed by atoms with E-state index in [1.54, 1.807) is 13.3 Å². The zero-order valence-electron chi connectivity index (χ0n) is 9.74. The van der Waals surface area contributed by atoms with Gasteiger partial charge in [-0.3, -0.25) is 0 Å². The van der Waals surface area contributed by atoms with E-state index in [2.05, 4.69) is 10.3 Å². The van der Waals surface area contributed by atoms with Crippen molar-refractivity contribution < 1.29 is 4.74 Å². The first-order valence-electron chi connectivity index (χ1n) is 4.95. The first kappa shape index (κ1) is 11.9. The average molecular weight is 209 g/mol. The van der Waals surface area contributed by atoms with E-state index in [4.69, 9.17) is 10.5 Å². The molecular weight excluding hydrogens is 190 g/mol. The maximum atomic E-state index is 5.84. The lowest BCUT2D eigenvalue weighted by Crippen LogP contribution is -2.39. The summed E-state index contributed by atoms with van der Waals surface area (Å²) in [6, 6.07) is 3.86. The van der Waals surface area contributed by atoms with Crippen LogP contribution in [0, 0.1) is 0 Å². The molecule has 1 aromatic heterocycles. The molecule has 0 amide bonds. The van der Waals surface area contributed by atoms with Gasteiger partial charge < -0.3 is 15.8 Å². The summed E-state index contributed by atoms with van der Waals surface area (Å²) in [4.78, 5) is 4.08. The third-order valence-electron chi connectivity index (χ3n) is 2.69. The van der Waals surface area contributed by atoms with Gasteiger partial charge in [0.25, 0.3) is 0 Å². The number of hydrogen-bond acceptors (Lipinski definition) is 4. The second-order valence-corrected chi connectivity index (χ2v) is 4.01. The van der Waals surface area contributed by atoms with E-state index < -0.39 is 0 Å². The molecule has 0 radical (unpaired) electrons. The summed E-state index contributed by atoms with van der Waals surface area (Å²) in [6.45, 7) is 4.03. The summed E-state index contributed by atoms with van der Waals surface area (Å²) in [7, 11) is 3.58. The van der Waals surface area contributed by atoms with Gasteiger partial charge >= 0.3 is 0 Å². The standard InChI is InChI=1S/C11H19N3O/c1-11(2,15-4)9(13-3)8-6-5-7-14-10(8)12/h5-7,9,13H,1-4H3,(H2,12,14). The van der Waals surface area contributed by atoms with Crippen LogP contribution in [0.15, 0.2) is 18.3 Å². The van der Waals surface area contributed by atoms with Crippen molar-refractivity contribution in [1.82, 2.24) is 10.3 Å². The summed E-state index contributed by atoms with van der Waals surface area (Å²) < 4.78 is 5.45. The van der Waals surface area contributed by atoms with Crippen LogP contribution in [0.25, 0.3) is 0 Å². The molecule has 0 saturated heterocycles. The van der Waals surface area contributed by atoms with Crippen molar-refractivity contribution in [3.8, 4) is 0 Å². The predicted octanol–water partition coefficient (Wildman–Crippen LogP) is 1.35. The number of aromatic nitrogens is 1. The Balaban J connectivity index is 3.08. The molecule has 0 fully saturated rings. The molecule has 0 aliphatic carbocycles. The van der Waals surface area contributed by atoms with Gasteiger partial charge in [0, 0.05) is 18.9 Å². The molecular formula is C11H19N3O. The molecule has 0 bridgehead atoms. The Labute approximate surface area is 90.8 Å². The highest BCUT2D eigenvalue weighted by molar-refractivity contribution is 5.42. The number of nitrogens with zero attached hydrogens (tertiary/aromatic N) is 1. The van der Waals surface area contributed by atoms with E-state index >= 15 is 0 Å². The van der Waals surface area contributed by atoms with Crippen LogP contribution in [0.4, 0.5) is 5.82 Å². The molecule has 0 aliphatic heterocycles. The SMILES string of the molecule is CNC(c1cccnc1N)C(C)(C)OC. The summed E-state index contributed by atoms with van der Waals surface area (Å²) in [5.74, 6) is 0.543. The lowest BCUT2D eigenvalue weighted by atomic mass is 9.92. The Morgan fingerprint density at radius 1 is 1.53 bits per heavy atom. The second-order valence-electron chi connectivity index (χ2n) is 4.01. The quantitative estimate of drug-likeness (QED) is 0.786. The molecule has 0 spiro atoms. The third-order valence-corrected chi connectivity index (χ3v) is 2.69. The minimum absolute atomic E-state index is 0.0243. The van der Waals surface area contributed by atoms with Crippen LogP contribution in [-0.2, 0) is 4.74 Å². The highest BCUT2D eigenvalue weighted by Gasteiger charge is 2.30. The van der Waals surface area contributed by atoms with E-state index in [1.165, 1.54) is 0 Å². The Morgan fingerprint density at radius 2 is 2.20 bits per heavy atom. The Hall–Kier alpha value is -1.13. The minimum Gasteiger partial charge on any atom is -0.383 e. The van der Waals surface area contributed by atoms with Gasteiger partial charge in [-0.1, -0.05) is 6.07 Å². The van der Waals surface area contributed by atoms with E-state index in [0.717, 1.165) is 5.56 Å². The van der Waals surface area contributed by atoms with Gasteiger partial charge in [-0.05, 0) is 27.0 Å². The van der Waals surface area contributed by atoms with Gasteiger partial charge in [0.1, 0.15) is 5.82 Å². The van der Waals surface area contributed by atoms with Crippen LogP contribution >= 0.6 is 0 Å². The summed E-state index contributed by atoms with van der Waals surface area (Å²) >= 11 is 0. The summed E-state index contributed by atoms with van der Waals surface area (Å²) in [6.07, 6.45) is 1.69. The number of rotatable bonds is 4. The molecule has 4 heteroatoms. The molecule has 0 saturated carbocycles. The van der Waals surface area contributed by atoms with Crippen molar-refractivity contribution in [2.45, 2.75) is 25.5 Å². The van der Waals surface area contributed by atoms with Crippen LogP contribution in [0.2, 0.25) is 0 Å². The maximum Gasteiger partial charge on any atom is 0.128 e. The number of pyridine rings is 1. The van der Waals surface area contributed by atoms with Crippen LogP contribution in [0.5, 0.6) is 0 Å². The van der Waals surface area contributed by atoms with Crippen molar-refractivity contribution in [3.05, 3.63) is 23.9 Å². The number of nitrogens with one attached hydrogen (secondary N) is 1. The average Bonchev–Trinajstić information content (AvgIpc) is 2.21. The fourth-order valence-corrected chi connectivity index (χ4v) is 1.67. The number of hydrogen-bond donors (Lipinski definition) is 2.